The van der Waals surface area contributed by atoms with Gasteiger partial charge in [0.05, 0.1) is 23.2 Å². The van der Waals surface area contributed by atoms with Crippen molar-refractivity contribution in [2.24, 2.45) is 0 Å². The van der Waals surface area contributed by atoms with E-state index in [1.165, 1.54) is 29.7 Å². The number of benzene rings is 3. The quantitative estimate of drug-likeness (QED) is 0.317. The molecule has 0 aliphatic heterocycles. The minimum absolute atomic E-state index is 0.0399. The van der Waals surface area contributed by atoms with Crippen molar-refractivity contribution in [3.8, 4) is 11.4 Å². The molecule has 2 aromatic heterocycles. The Hall–Kier alpha value is -5.06. The van der Waals surface area contributed by atoms with E-state index in [0.717, 1.165) is 4.68 Å². The maximum atomic E-state index is 13.4. The average molecular weight is 456 g/mol. The number of nitro groups is 1. The van der Waals surface area contributed by atoms with Crippen LogP contribution in [0.15, 0.2) is 77.6 Å². The van der Waals surface area contributed by atoms with Crippen LogP contribution < -0.4 is 15.7 Å². The van der Waals surface area contributed by atoms with Gasteiger partial charge < -0.3 is 10.1 Å². The smallest absolute Gasteiger partial charge is 0.355 e. The van der Waals surface area contributed by atoms with Gasteiger partial charge in [-0.1, -0.05) is 24.3 Å². The van der Waals surface area contributed by atoms with E-state index in [9.17, 15) is 19.7 Å². The lowest BCUT2D eigenvalue weighted by molar-refractivity contribution is -0.383. The van der Waals surface area contributed by atoms with Crippen LogP contribution in [-0.2, 0) is 0 Å². The zero-order chi connectivity index (χ0) is 23.8. The average Bonchev–Trinajstić information content (AvgIpc) is 3.22. The van der Waals surface area contributed by atoms with Crippen LogP contribution >= 0.6 is 0 Å². The van der Waals surface area contributed by atoms with Gasteiger partial charge in [0.2, 0.25) is 5.65 Å². The molecule has 1 amide bonds. The number of nitrogens with zero attached hydrogens (tertiary/aromatic N) is 5. The predicted molar refractivity (Wildman–Crippen MR) is 124 cm³/mol. The van der Waals surface area contributed by atoms with Gasteiger partial charge in [-0.2, -0.15) is 4.68 Å². The molecule has 0 unspecified atom stereocenters. The van der Waals surface area contributed by atoms with Crippen LogP contribution in [0.2, 0.25) is 0 Å². The molecule has 2 heterocycles. The molecule has 11 nitrogen and oxygen atoms in total. The first-order valence-corrected chi connectivity index (χ1v) is 10.1. The summed E-state index contributed by atoms with van der Waals surface area (Å²) >= 11 is 0. The van der Waals surface area contributed by atoms with E-state index >= 15 is 0 Å². The molecule has 11 heteroatoms. The topological polar surface area (TPSA) is 134 Å². The van der Waals surface area contributed by atoms with E-state index in [4.69, 9.17) is 4.74 Å². The molecule has 5 aromatic rings. The fraction of sp³-hybridized carbons (Fsp3) is 0.0435. The minimum Gasteiger partial charge on any atom is -0.497 e. The van der Waals surface area contributed by atoms with Gasteiger partial charge in [-0.3, -0.25) is 14.9 Å². The molecule has 0 atom stereocenters. The van der Waals surface area contributed by atoms with Crippen molar-refractivity contribution >= 4 is 34.1 Å². The van der Waals surface area contributed by atoms with Crippen LogP contribution in [0.25, 0.3) is 22.4 Å². The highest BCUT2D eigenvalue weighted by Crippen LogP contribution is 2.27. The molecule has 34 heavy (non-hydrogen) atoms. The van der Waals surface area contributed by atoms with Gasteiger partial charge in [0.25, 0.3) is 11.6 Å². The van der Waals surface area contributed by atoms with Gasteiger partial charge in [0.1, 0.15) is 5.75 Å². The number of non-ortho nitro benzene ring substituents is 1. The van der Waals surface area contributed by atoms with Crippen molar-refractivity contribution in [2.75, 3.05) is 12.4 Å². The highest BCUT2D eigenvalue weighted by molar-refractivity contribution is 6.06. The summed E-state index contributed by atoms with van der Waals surface area (Å²) in [5, 5.41) is 18.7. The number of nitrogens with one attached hydrogen (secondary N) is 1. The number of ether oxygens (including phenoxy) is 1. The maximum Gasteiger partial charge on any atom is 0.355 e. The van der Waals surface area contributed by atoms with Crippen LogP contribution in [0, 0.1) is 10.1 Å². The molecule has 1 N–H and O–H groups in total. The fourth-order valence-electron chi connectivity index (χ4n) is 3.61. The maximum absolute atomic E-state index is 13.4. The van der Waals surface area contributed by atoms with Crippen LogP contribution in [0.4, 0.5) is 11.5 Å². The first kappa shape index (κ1) is 20.8. The Balaban J connectivity index is 1.78. The summed E-state index contributed by atoms with van der Waals surface area (Å²) < 4.78 is 7.48. The van der Waals surface area contributed by atoms with Crippen molar-refractivity contribution in [2.45, 2.75) is 0 Å². The molecular formula is C23H16N6O5. The standard InChI is InChI=1S/C23H16N6O5/c1-34-16-12-10-15(11-13-16)28-23(31)27-17-8-5-9-18(29(32)33)19(17)24-20(21(27)26-28)25-22(30)14-6-3-2-4-7-14/h2-13H,1H3,(H,24,25,30). The highest BCUT2D eigenvalue weighted by atomic mass is 16.6. The second-order valence-corrected chi connectivity index (χ2v) is 7.23. The van der Waals surface area contributed by atoms with Gasteiger partial charge in [-0.05, 0) is 42.5 Å². The zero-order valence-electron chi connectivity index (χ0n) is 17.7. The van der Waals surface area contributed by atoms with Crippen molar-refractivity contribution in [3.05, 3.63) is 99.0 Å². The Morgan fingerprint density at radius 2 is 1.76 bits per heavy atom. The number of aromatic nitrogens is 4. The number of anilines is 1. The Labute approximate surface area is 191 Å². The third kappa shape index (κ3) is 3.41. The molecule has 0 aliphatic carbocycles. The summed E-state index contributed by atoms with van der Waals surface area (Å²) in [7, 11) is 1.53. The Morgan fingerprint density at radius 3 is 2.44 bits per heavy atom. The molecule has 0 saturated carbocycles. The minimum atomic E-state index is -0.594. The number of amides is 1. The second kappa shape index (κ2) is 8.13. The number of para-hydroxylation sites is 1. The zero-order valence-corrected chi connectivity index (χ0v) is 17.7. The van der Waals surface area contributed by atoms with Gasteiger partial charge in [-0.15, -0.1) is 5.10 Å². The summed E-state index contributed by atoms with van der Waals surface area (Å²) in [5.74, 6) is 0.0125. The number of rotatable bonds is 5. The molecule has 0 fully saturated rings. The molecule has 0 bridgehead atoms. The second-order valence-electron chi connectivity index (χ2n) is 7.23. The Kier molecular flexibility index (Phi) is 4.98. The number of carbonyl (C=O) groups is 1. The molecule has 0 spiro atoms. The first-order chi connectivity index (χ1) is 16.5. The summed E-state index contributed by atoms with van der Waals surface area (Å²) in [4.78, 5) is 41.6. The molecule has 168 valence electrons. The highest BCUT2D eigenvalue weighted by Gasteiger charge is 2.23. The van der Waals surface area contributed by atoms with Gasteiger partial charge in [-0.25, -0.2) is 14.2 Å². The SMILES string of the molecule is COc1ccc(-n2nc3c(NC(=O)c4ccccc4)nc4c([N+](=O)[O-])cccc4n3c2=O)cc1. The van der Waals surface area contributed by atoms with E-state index in [0.29, 0.717) is 17.0 Å². The van der Waals surface area contributed by atoms with E-state index in [1.54, 1.807) is 54.6 Å². The molecule has 0 radical (unpaired) electrons. The molecule has 3 aromatic carbocycles. The fourth-order valence-corrected chi connectivity index (χ4v) is 3.61. The molecular weight excluding hydrogens is 440 g/mol. The van der Waals surface area contributed by atoms with Gasteiger partial charge in [0, 0.05) is 11.6 Å². The summed E-state index contributed by atoms with van der Waals surface area (Å²) in [6, 6.07) is 19.3. The Morgan fingerprint density at radius 1 is 1.03 bits per heavy atom. The molecule has 5 rings (SSSR count). The predicted octanol–water partition coefficient (Wildman–Crippen LogP) is 3.20. The summed E-state index contributed by atoms with van der Waals surface area (Å²) in [6.45, 7) is 0. The molecule has 0 aliphatic rings. The van der Waals surface area contributed by atoms with Crippen molar-refractivity contribution < 1.29 is 14.5 Å². The number of hydrogen-bond acceptors (Lipinski definition) is 7. The summed E-state index contributed by atoms with van der Waals surface area (Å²) in [6.07, 6.45) is 0. The lowest BCUT2D eigenvalue weighted by atomic mass is 10.2. The summed E-state index contributed by atoms with van der Waals surface area (Å²) in [5.41, 5.74) is 0.0713. The number of hydrogen-bond donors (Lipinski definition) is 1. The van der Waals surface area contributed by atoms with E-state index in [-0.39, 0.29) is 28.2 Å². The van der Waals surface area contributed by atoms with E-state index in [1.807, 2.05) is 0 Å². The molecule has 0 saturated heterocycles. The number of methoxy groups -OCH3 is 1. The van der Waals surface area contributed by atoms with Crippen LogP contribution in [0.3, 0.4) is 0 Å². The first-order valence-electron chi connectivity index (χ1n) is 10.1. The van der Waals surface area contributed by atoms with E-state index < -0.39 is 16.5 Å². The van der Waals surface area contributed by atoms with Crippen molar-refractivity contribution in [3.63, 3.8) is 0 Å². The van der Waals surface area contributed by atoms with Crippen LogP contribution in [-0.4, -0.2) is 37.1 Å². The normalized spacial score (nSPS) is 11.0. The lowest BCUT2D eigenvalue weighted by Gasteiger charge is -2.08. The number of fused-ring (bicyclic) bond motifs is 3. The van der Waals surface area contributed by atoms with Gasteiger partial charge >= 0.3 is 5.69 Å². The van der Waals surface area contributed by atoms with Crippen molar-refractivity contribution in [1.82, 2.24) is 19.2 Å². The number of nitro benzene ring substituents is 1. The third-order valence-corrected chi connectivity index (χ3v) is 5.23. The third-order valence-electron chi connectivity index (χ3n) is 5.23. The van der Waals surface area contributed by atoms with Gasteiger partial charge in [0.15, 0.2) is 11.3 Å². The van der Waals surface area contributed by atoms with Crippen LogP contribution in [0.1, 0.15) is 10.4 Å². The largest absolute Gasteiger partial charge is 0.497 e. The lowest BCUT2D eigenvalue weighted by Crippen LogP contribution is -2.20. The van der Waals surface area contributed by atoms with Crippen LogP contribution in [0.5, 0.6) is 5.75 Å². The monoisotopic (exact) mass is 456 g/mol. The number of carbonyl (C=O) groups excluding carboxylic acids is 1. The van der Waals surface area contributed by atoms with E-state index in [2.05, 4.69) is 15.4 Å². The Bertz CT molecular complexity index is 1620. The van der Waals surface area contributed by atoms with Crippen molar-refractivity contribution in [1.29, 1.82) is 0 Å².